The summed E-state index contributed by atoms with van der Waals surface area (Å²) in [7, 11) is 0. The Morgan fingerprint density at radius 3 is 1.32 bits per heavy atom. The highest BCUT2D eigenvalue weighted by atomic mass is 16.7. The molecule has 0 saturated carbocycles. The molecular formula is C50H91NO9. The molecule has 0 saturated heterocycles. The van der Waals surface area contributed by atoms with E-state index in [0.717, 1.165) is 103 Å². The molecule has 0 spiro atoms. The predicted octanol–water partition coefficient (Wildman–Crippen LogP) is 13.4. The standard InChI is InChI=1S/C50H91NO9/c1-6-11-14-16-17-18-19-20-21-22-23-24-25-28-32-38-48(53)57-41-46(43-59-50(55)60-44-51(9-4)10-5)42-58-49(54)39-34-30-27-26-29-33-37-47(52)56-40-45(35-13-8-3)36-31-15-12-7-2/h17-18,20-21,45-46H,6-16,19,22-44H2,1-5H3/b18-17-,21-20-. The minimum absolute atomic E-state index is 0.0122. The van der Waals surface area contributed by atoms with Gasteiger partial charge in [0.2, 0.25) is 0 Å². The van der Waals surface area contributed by atoms with Crippen LogP contribution in [0.2, 0.25) is 0 Å². The first-order valence-electron chi connectivity index (χ1n) is 24.6. The molecule has 350 valence electrons. The minimum atomic E-state index is -0.809. The van der Waals surface area contributed by atoms with E-state index in [2.05, 4.69) is 45.1 Å². The molecule has 0 aromatic heterocycles. The Bertz CT molecular complexity index is 1070. The van der Waals surface area contributed by atoms with Crippen LogP contribution in [0.5, 0.6) is 0 Å². The Hall–Kier alpha value is -2.88. The first-order chi connectivity index (χ1) is 29.3. The zero-order valence-corrected chi connectivity index (χ0v) is 39.3. The van der Waals surface area contributed by atoms with E-state index in [1.165, 1.54) is 64.2 Å². The van der Waals surface area contributed by atoms with E-state index in [-0.39, 0.29) is 50.9 Å². The van der Waals surface area contributed by atoms with Crippen molar-refractivity contribution >= 4 is 24.1 Å². The van der Waals surface area contributed by atoms with Crippen LogP contribution in [-0.2, 0) is 38.1 Å². The summed E-state index contributed by atoms with van der Waals surface area (Å²) in [5, 5.41) is 0. The minimum Gasteiger partial charge on any atom is -0.465 e. The topological polar surface area (TPSA) is 118 Å². The van der Waals surface area contributed by atoms with E-state index in [0.29, 0.717) is 31.8 Å². The Labute approximate surface area is 367 Å². The first-order valence-corrected chi connectivity index (χ1v) is 24.6. The third-order valence-corrected chi connectivity index (χ3v) is 10.9. The van der Waals surface area contributed by atoms with Crippen molar-refractivity contribution in [2.45, 2.75) is 214 Å². The van der Waals surface area contributed by atoms with Crippen molar-refractivity contribution in [1.29, 1.82) is 0 Å². The van der Waals surface area contributed by atoms with Gasteiger partial charge in [-0.1, -0.05) is 155 Å². The second-order valence-electron chi connectivity index (χ2n) is 16.5. The largest absolute Gasteiger partial charge is 0.509 e. The van der Waals surface area contributed by atoms with Gasteiger partial charge in [-0.25, -0.2) is 4.79 Å². The summed E-state index contributed by atoms with van der Waals surface area (Å²) in [6, 6.07) is 0. The molecule has 0 bridgehead atoms. The summed E-state index contributed by atoms with van der Waals surface area (Å²) in [6.45, 7) is 12.7. The number of hydrogen-bond donors (Lipinski definition) is 0. The van der Waals surface area contributed by atoms with E-state index >= 15 is 0 Å². The highest BCUT2D eigenvalue weighted by Crippen LogP contribution is 2.19. The van der Waals surface area contributed by atoms with Gasteiger partial charge in [-0.15, -0.1) is 0 Å². The van der Waals surface area contributed by atoms with Crippen LogP contribution >= 0.6 is 0 Å². The molecule has 10 nitrogen and oxygen atoms in total. The Balaban J connectivity index is 4.39. The SMILES string of the molecule is CCCCC/C=C\C/C=C\CCCCCCCC(=O)OCC(COC(=O)CCCCCCCCC(=O)OCC(CCCC)CCCCCC)COC(=O)OCN(CC)CC. The third-order valence-electron chi connectivity index (χ3n) is 10.9. The lowest BCUT2D eigenvalue weighted by atomic mass is 9.96. The molecule has 0 radical (unpaired) electrons. The third kappa shape index (κ3) is 39.3. The molecule has 2 atom stereocenters. The van der Waals surface area contributed by atoms with E-state index in [1.54, 1.807) is 0 Å². The molecule has 0 aliphatic rings. The van der Waals surface area contributed by atoms with Gasteiger partial charge in [0.05, 0.1) is 12.5 Å². The molecular weight excluding hydrogens is 759 g/mol. The predicted molar refractivity (Wildman–Crippen MR) is 245 cm³/mol. The van der Waals surface area contributed by atoms with Gasteiger partial charge in [-0.2, -0.15) is 0 Å². The lowest BCUT2D eigenvalue weighted by molar-refractivity contribution is -0.150. The van der Waals surface area contributed by atoms with Gasteiger partial charge in [-0.3, -0.25) is 19.3 Å². The van der Waals surface area contributed by atoms with Crippen LogP contribution in [0, 0.1) is 11.8 Å². The summed E-state index contributed by atoms with van der Waals surface area (Å²) < 4.78 is 27.2. The normalized spacial score (nSPS) is 12.6. The molecule has 0 heterocycles. The van der Waals surface area contributed by atoms with Gasteiger partial charge in [-0.05, 0) is 83.2 Å². The van der Waals surface area contributed by atoms with Crippen molar-refractivity contribution < 1.29 is 42.9 Å². The van der Waals surface area contributed by atoms with E-state index in [4.69, 9.17) is 23.7 Å². The lowest BCUT2D eigenvalue weighted by Crippen LogP contribution is -2.30. The lowest BCUT2D eigenvalue weighted by Gasteiger charge is -2.19. The van der Waals surface area contributed by atoms with E-state index in [1.807, 2.05) is 18.7 Å². The van der Waals surface area contributed by atoms with Crippen LogP contribution < -0.4 is 0 Å². The molecule has 0 aliphatic carbocycles. The quantitative estimate of drug-likeness (QED) is 0.0193. The fraction of sp³-hybridized carbons (Fsp3) is 0.840. The highest BCUT2D eigenvalue weighted by molar-refractivity contribution is 5.70. The molecule has 10 heteroatoms. The van der Waals surface area contributed by atoms with Crippen molar-refractivity contribution in [2.75, 3.05) is 46.2 Å². The molecule has 0 rings (SSSR count). The van der Waals surface area contributed by atoms with Crippen molar-refractivity contribution in [3.05, 3.63) is 24.3 Å². The zero-order chi connectivity index (χ0) is 44.2. The zero-order valence-electron chi connectivity index (χ0n) is 39.3. The summed E-state index contributed by atoms with van der Waals surface area (Å²) in [5.74, 6) is -0.729. The molecule has 0 aromatic carbocycles. The Morgan fingerprint density at radius 2 is 0.817 bits per heavy atom. The summed E-state index contributed by atoms with van der Waals surface area (Å²) in [4.78, 5) is 51.6. The van der Waals surface area contributed by atoms with Gasteiger partial charge in [0.25, 0.3) is 0 Å². The number of carbonyl (C=O) groups is 4. The van der Waals surface area contributed by atoms with Crippen molar-refractivity contribution in [2.24, 2.45) is 11.8 Å². The number of carbonyl (C=O) groups excluding carboxylic acids is 4. The number of esters is 3. The van der Waals surface area contributed by atoms with Crippen LogP contribution in [0.4, 0.5) is 4.79 Å². The van der Waals surface area contributed by atoms with E-state index in [9.17, 15) is 19.2 Å². The number of rotatable bonds is 43. The van der Waals surface area contributed by atoms with Gasteiger partial charge in [0, 0.05) is 19.3 Å². The van der Waals surface area contributed by atoms with Crippen LogP contribution in [0.15, 0.2) is 24.3 Å². The molecule has 0 fully saturated rings. The monoisotopic (exact) mass is 850 g/mol. The van der Waals surface area contributed by atoms with Crippen LogP contribution in [0.25, 0.3) is 0 Å². The molecule has 0 aliphatic heterocycles. The van der Waals surface area contributed by atoms with Crippen molar-refractivity contribution in [3.63, 3.8) is 0 Å². The molecule has 0 N–H and O–H groups in total. The molecule has 2 unspecified atom stereocenters. The first kappa shape index (κ1) is 57.1. The number of unbranched alkanes of at least 4 members (excludes halogenated alkanes) is 17. The number of ether oxygens (including phenoxy) is 5. The Morgan fingerprint density at radius 1 is 0.417 bits per heavy atom. The number of nitrogens with zero attached hydrogens (tertiary/aromatic N) is 1. The van der Waals surface area contributed by atoms with Crippen molar-refractivity contribution in [1.82, 2.24) is 4.90 Å². The maximum Gasteiger partial charge on any atom is 0.509 e. The number of hydrogen-bond acceptors (Lipinski definition) is 10. The van der Waals surface area contributed by atoms with E-state index < -0.39 is 12.1 Å². The van der Waals surface area contributed by atoms with Gasteiger partial charge in [0.1, 0.15) is 26.6 Å². The van der Waals surface area contributed by atoms with Gasteiger partial charge >= 0.3 is 24.1 Å². The summed E-state index contributed by atoms with van der Waals surface area (Å²) >= 11 is 0. The average Bonchev–Trinajstić information content (AvgIpc) is 3.25. The fourth-order valence-electron chi connectivity index (χ4n) is 6.76. The fourth-order valence-corrected chi connectivity index (χ4v) is 6.76. The van der Waals surface area contributed by atoms with Gasteiger partial charge in [0.15, 0.2) is 0 Å². The smallest absolute Gasteiger partial charge is 0.465 e. The second-order valence-corrected chi connectivity index (χ2v) is 16.5. The second kappa shape index (κ2) is 44.2. The van der Waals surface area contributed by atoms with Gasteiger partial charge < -0.3 is 23.7 Å². The van der Waals surface area contributed by atoms with Crippen LogP contribution in [-0.4, -0.2) is 75.2 Å². The summed E-state index contributed by atoms with van der Waals surface area (Å²) in [6.07, 6.45) is 36.5. The molecule has 0 amide bonds. The van der Waals surface area contributed by atoms with Crippen molar-refractivity contribution in [3.8, 4) is 0 Å². The van der Waals surface area contributed by atoms with Crippen LogP contribution in [0.1, 0.15) is 214 Å². The molecule has 60 heavy (non-hydrogen) atoms. The van der Waals surface area contributed by atoms with Crippen LogP contribution in [0.3, 0.4) is 0 Å². The highest BCUT2D eigenvalue weighted by Gasteiger charge is 2.19. The summed E-state index contributed by atoms with van der Waals surface area (Å²) in [5.41, 5.74) is 0. The average molecular weight is 850 g/mol. The maximum absolute atomic E-state index is 12.6. The molecule has 0 aromatic rings. The number of allylic oxidation sites excluding steroid dienone is 4. The Kier molecular flexibility index (Phi) is 42.1. The maximum atomic E-state index is 12.6.